The third kappa shape index (κ3) is 1.83. The number of nitrogens with two attached hydrogens (primary N) is 1. The number of rotatable bonds is 2. The molecular formula is C9H9N5O2. The van der Waals surface area contributed by atoms with E-state index in [1.54, 1.807) is 12.3 Å². The third-order valence-corrected chi connectivity index (χ3v) is 1.93. The number of aromatic amines is 1. The van der Waals surface area contributed by atoms with Crippen LogP contribution in [0.1, 0.15) is 0 Å². The van der Waals surface area contributed by atoms with Gasteiger partial charge in [-0.15, -0.1) is 0 Å². The van der Waals surface area contributed by atoms with Crippen molar-refractivity contribution in [3.63, 3.8) is 0 Å². The summed E-state index contributed by atoms with van der Waals surface area (Å²) in [5, 5.41) is 0. The molecule has 82 valence electrons. The maximum Gasteiger partial charge on any atom is 0.349 e. The zero-order chi connectivity index (χ0) is 11.5. The standard InChI is InChI=1S/C9H9N5O2/c1-16-6-4-11-3-2-5(6)7-12-8(10)14-9(15)13-7/h2-4H,1H3,(H3,10,12,13,14,15). The Hall–Kier alpha value is -2.44. The van der Waals surface area contributed by atoms with E-state index in [9.17, 15) is 4.79 Å². The molecular weight excluding hydrogens is 210 g/mol. The van der Waals surface area contributed by atoms with Gasteiger partial charge in [0.1, 0.15) is 11.6 Å². The lowest BCUT2D eigenvalue weighted by atomic mass is 10.2. The molecule has 0 atom stereocenters. The fraction of sp³-hybridized carbons (Fsp3) is 0.111. The number of H-pyrrole nitrogens is 1. The number of nitrogens with one attached hydrogen (secondary N) is 1. The topological polar surface area (TPSA) is 107 Å². The van der Waals surface area contributed by atoms with Crippen molar-refractivity contribution in [2.75, 3.05) is 12.8 Å². The van der Waals surface area contributed by atoms with Gasteiger partial charge in [-0.05, 0) is 6.07 Å². The van der Waals surface area contributed by atoms with Crippen LogP contribution in [0.5, 0.6) is 5.75 Å². The first kappa shape index (κ1) is 10.1. The minimum atomic E-state index is -0.554. The molecule has 16 heavy (non-hydrogen) atoms. The van der Waals surface area contributed by atoms with Gasteiger partial charge in [0.05, 0.1) is 18.9 Å². The molecule has 0 radical (unpaired) electrons. The van der Waals surface area contributed by atoms with E-state index in [0.29, 0.717) is 17.1 Å². The second-order valence-corrected chi connectivity index (χ2v) is 2.94. The molecule has 0 fully saturated rings. The molecule has 3 N–H and O–H groups in total. The number of methoxy groups -OCH3 is 1. The highest BCUT2D eigenvalue weighted by molar-refractivity contribution is 5.63. The van der Waals surface area contributed by atoms with Crippen LogP contribution in [0, 0.1) is 0 Å². The first-order chi connectivity index (χ1) is 7.70. The maximum atomic E-state index is 11.1. The smallest absolute Gasteiger partial charge is 0.349 e. The van der Waals surface area contributed by atoms with Gasteiger partial charge in [-0.1, -0.05) is 0 Å². The second kappa shape index (κ2) is 3.97. The molecule has 0 saturated carbocycles. The number of hydrogen-bond acceptors (Lipinski definition) is 6. The molecule has 0 aliphatic heterocycles. The molecule has 2 rings (SSSR count). The summed E-state index contributed by atoms with van der Waals surface area (Å²) in [7, 11) is 1.50. The fourth-order valence-corrected chi connectivity index (χ4v) is 1.27. The SMILES string of the molecule is COc1cnccc1-c1nc(N)nc(=O)[nH]1. The highest BCUT2D eigenvalue weighted by Gasteiger charge is 2.08. The lowest BCUT2D eigenvalue weighted by molar-refractivity contribution is 0.414. The molecule has 2 heterocycles. The van der Waals surface area contributed by atoms with Crippen molar-refractivity contribution in [2.45, 2.75) is 0 Å². The molecule has 2 aromatic heterocycles. The molecule has 7 nitrogen and oxygen atoms in total. The number of anilines is 1. The normalized spacial score (nSPS) is 10.1. The molecule has 0 unspecified atom stereocenters. The number of pyridine rings is 1. The lowest BCUT2D eigenvalue weighted by Gasteiger charge is -2.06. The number of nitrogens with zero attached hydrogens (tertiary/aromatic N) is 3. The van der Waals surface area contributed by atoms with Gasteiger partial charge in [0.25, 0.3) is 0 Å². The monoisotopic (exact) mass is 219 g/mol. The Kier molecular flexibility index (Phi) is 2.50. The zero-order valence-electron chi connectivity index (χ0n) is 8.47. The molecule has 7 heteroatoms. The summed E-state index contributed by atoms with van der Waals surface area (Å²) in [5.41, 5.74) is 5.44. The van der Waals surface area contributed by atoms with E-state index in [4.69, 9.17) is 10.5 Å². The molecule has 2 aromatic rings. The van der Waals surface area contributed by atoms with Gasteiger partial charge in [-0.3, -0.25) is 9.97 Å². The molecule has 0 aromatic carbocycles. The average Bonchev–Trinajstić information content (AvgIpc) is 2.27. The summed E-state index contributed by atoms with van der Waals surface area (Å²) in [5.74, 6) is 0.714. The van der Waals surface area contributed by atoms with Crippen LogP contribution in [-0.4, -0.2) is 27.0 Å². The summed E-state index contributed by atoms with van der Waals surface area (Å²) in [6.07, 6.45) is 3.08. The Morgan fingerprint density at radius 2 is 2.25 bits per heavy atom. The van der Waals surface area contributed by atoms with E-state index in [-0.39, 0.29) is 5.95 Å². The van der Waals surface area contributed by atoms with Crippen molar-refractivity contribution in [3.05, 3.63) is 28.9 Å². The van der Waals surface area contributed by atoms with E-state index in [2.05, 4.69) is 19.9 Å². The number of hydrogen-bond donors (Lipinski definition) is 2. The van der Waals surface area contributed by atoms with Crippen molar-refractivity contribution in [1.29, 1.82) is 0 Å². The Labute approximate surface area is 90.3 Å². The van der Waals surface area contributed by atoms with Crippen LogP contribution < -0.4 is 16.2 Å². The Morgan fingerprint density at radius 3 is 2.94 bits per heavy atom. The Morgan fingerprint density at radius 1 is 1.44 bits per heavy atom. The largest absolute Gasteiger partial charge is 0.494 e. The van der Waals surface area contributed by atoms with Gasteiger partial charge in [0, 0.05) is 6.20 Å². The van der Waals surface area contributed by atoms with E-state index in [1.165, 1.54) is 13.3 Å². The van der Waals surface area contributed by atoms with Crippen LogP contribution >= 0.6 is 0 Å². The van der Waals surface area contributed by atoms with Gasteiger partial charge in [0.2, 0.25) is 5.95 Å². The maximum absolute atomic E-state index is 11.1. The second-order valence-electron chi connectivity index (χ2n) is 2.94. The molecule has 0 bridgehead atoms. The number of aromatic nitrogens is 4. The quantitative estimate of drug-likeness (QED) is 0.725. The van der Waals surface area contributed by atoms with Crippen LogP contribution in [0.3, 0.4) is 0 Å². The first-order valence-corrected chi connectivity index (χ1v) is 4.43. The van der Waals surface area contributed by atoms with Crippen molar-refractivity contribution < 1.29 is 4.74 Å². The van der Waals surface area contributed by atoms with E-state index in [1.807, 2.05) is 0 Å². The van der Waals surface area contributed by atoms with Crippen molar-refractivity contribution in [2.24, 2.45) is 0 Å². The van der Waals surface area contributed by atoms with Crippen molar-refractivity contribution in [1.82, 2.24) is 19.9 Å². The fourth-order valence-electron chi connectivity index (χ4n) is 1.27. The summed E-state index contributed by atoms with van der Waals surface area (Å²) in [4.78, 5) is 24.8. The van der Waals surface area contributed by atoms with Crippen LogP contribution in [0.25, 0.3) is 11.4 Å². The van der Waals surface area contributed by atoms with E-state index < -0.39 is 5.69 Å². The zero-order valence-corrected chi connectivity index (χ0v) is 8.47. The van der Waals surface area contributed by atoms with Gasteiger partial charge < -0.3 is 10.5 Å². The number of ether oxygens (including phenoxy) is 1. The van der Waals surface area contributed by atoms with Crippen LogP contribution in [0.15, 0.2) is 23.3 Å². The van der Waals surface area contributed by atoms with Gasteiger partial charge in [0.15, 0.2) is 0 Å². The molecule has 0 spiro atoms. The highest BCUT2D eigenvalue weighted by atomic mass is 16.5. The first-order valence-electron chi connectivity index (χ1n) is 4.43. The van der Waals surface area contributed by atoms with Crippen LogP contribution in [-0.2, 0) is 0 Å². The summed E-state index contributed by atoms with van der Waals surface area (Å²) in [6.45, 7) is 0. The number of nitrogen functional groups attached to an aromatic ring is 1. The predicted octanol–water partition coefficient (Wildman–Crippen LogP) is -0.182. The molecule has 0 aliphatic rings. The average molecular weight is 219 g/mol. The molecule has 0 saturated heterocycles. The Bertz CT molecular complexity index is 566. The van der Waals surface area contributed by atoms with Crippen LogP contribution in [0.4, 0.5) is 5.95 Å². The Balaban J connectivity index is 2.62. The molecule has 0 aliphatic carbocycles. The lowest BCUT2D eigenvalue weighted by Crippen LogP contribution is -2.15. The van der Waals surface area contributed by atoms with Crippen LogP contribution in [0.2, 0.25) is 0 Å². The summed E-state index contributed by atoms with van der Waals surface area (Å²) in [6, 6.07) is 1.66. The summed E-state index contributed by atoms with van der Waals surface area (Å²) < 4.78 is 5.09. The summed E-state index contributed by atoms with van der Waals surface area (Å²) >= 11 is 0. The highest BCUT2D eigenvalue weighted by Crippen LogP contribution is 2.24. The molecule has 0 amide bonds. The van der Waals surface area contributed by atoms with Gasteiger partial charge >= 0.3 is 5.69 Å². The van der Waals surface area contributed by atoms with Crippen molar-refractivity contribution >= 4 is 5.95 Å². The minimum Gasteiger partial charge on any atom is -0.494 e. The van der Waals surface area contributed by atoms with Gasteiger partial charge in [-0.25, -0.2) is 4.79 Å². The minimum absolute atomic E-state index is 0.0855. The van der Waals surface area contributed by atoms with Crippen molar-refractivity contribution in [3.8, 4) is 17.1 Å². The van der Waals surface area contributed by atoms with E-state index >= 15 is 0 Å². The third-order valence-electron chi connectivity index (χ3n) is 1.93. The van der Waals surface area contributed by atoms with E-state index in [0.717, 1.165) is 0 Å². The predicted molar refractivity (Wildman–Crippen MR) is 56.8 cm³/mol. The van der Waals surface area contributed by atoms with Gasteiger partial charge in [-0.2, -0.15) is 9.97 Å².